The van der Waals surface area contributed by atoms with Crippen molar-refractivity contribution in [3.63, 3.8) is 0 Å². The molecule has 2 aromatic heterocycles. The zero-order valence-corrected chi connectivity index (χ0v) is 12.5. The van der Waals surface area contributed by atoms with Gasteiger partial charge in [0.1, 0.15) is 5.69 Å². The molecule has 0 aliphatic carbocycles. The molecule has 6 nitrogen and oxygen atoms in total. The van der Waals surface area contributed by atoms with Gasteiger partial charge in [0.2, 0.25) is 0 Å². The quantitative estimate of drug-likeness (QED) is 0.831. The fourth-order valence-corrected chi connectivity index (χ4v) is 2.20. The first-order chi connectivity index (χ1) is 9.61. The van der Waals surface area contributed by atoms with Gasteiger partial charge in [-0.25, -0.2) is 0 Å². The number of halogens is 2. The van der Waals surface area contributed by atoms with Crippen LogP contribution in [-0.2, 0) is 13.1 Å². The van der Waals surface area contributed by atoms with Crippen LogP contribution in [0.5, 0.6) is 0 Å². The number of amides is 1. The second kappa shape index (κ2) is 6.76. The fraction of sp³-hybridized carbons (Fsp3) is 0.417. The molecule has 0 aromatic carbocycles. The molecular formula is C12H15Cl2N5O. The Morgan fingerprint density at radius 2 is 2.15 bits per heavy atom. The lowest BCUT2D eigenvalue weighted by atomic mass is 10.3. The van der Waals surface area contributed by atoms with Crippen LogP contribution in [0.1, 0.15) is 23.8 Å². The maximum Gasteiger partial charge on any atom is 0.271 e. The molecule has 0 bridgehead atoms. The van der Waals surface area contributed by atoms with Gasteiger partial charge < -0.3 is 5.32 Å². The normalized spacial score (nSPS) is 10.8. The Kier molecular flexibility index (Phi) is 5.03. The van der Waals surface area contributed by atoms with Crippen LogP contribution in [0.25, 0.3) is 0 Å². The van der Waals surface area contributed by atoms with Crippen molar-refractivity contribution >= 4 is 29.1 Å². The molecule has 8 heteroatoms. The largest absolute Gasteiger partial charge is 0.351 e. The standard InChI is InChI=1S/C12H15Cl2N5O/c1-2-19-11(10(14)7-17-19)12(20)15-4-3-5-18-8-9(13)6-16-18/h6-8H,2-5H2,1H3,(H,15,20). The van der Waals surface area contributed by atoms with Gasteiger partial charge in [-0.15, -0.1) is 0 Å². The second-order valence-corrected chi connectivity index (χ2v) is 5.03. The van der Waals surface area contributed by atoms with E-state index in [-0.39, 0.29) is 5.91 Å². The molecule has 0 saturated carbocycles. The molecule has 2 aromatic rings. The lowest BCUT2D eigenvalue weighted by Crippen LogP contribution is -2.28. The number of hydrogen-bond donors (Lipinski definition) is 1. The summed E-state index contributed by atoms with van der Waals surface area (Å²) in [5.74, 6) is -0.215. The van der Waals surface area contributed by atoms with Crippen LogP contribution < -0.4 is 5.32 Å². The van der Waals surface area contributed by atoms with Crippen molar-refractivity contribution < 1.29 is 4.79 Å². The van der Waals surface area contributed by atoms with Crippen molar-refractivity contribution in [1.82, 2.24) is 24.9 Å². The summed E-state index contributed by atoms with van der Waals surface area (Å²) < 4.78 is 3.31. The molecule has 0 radical (unpaired) electrons. The highest BCUT2D eigenvalue weighted by Crippen LogP contribution is 2.14. The Labute approximate surface area is 126 Å². The molecule has 0 atom stereocenters. The highest BCUT2D eigenvalue weighted by Gasteiger charge is 2.15. The summed E-state index contributed by atoms with van der Waals surface area (Å²) in [6.07, 6.45) is 5.56. The van der Waals surface area contributed by atoms with Crippen molar-refractivity contribution in [3.8, 4) is 0 Å². The van der Waals surface area contributed by atoms with E-state index in [1.54, 1.807) is 21.8 Å². The Morgan fingerprint density at radius 3 is 2.80 bits per heavy atom. The van der Waals surface area contributed by atoms with Gasteiger partial charge in [0.05, 0.1) is 22.4 Å². The molecule has 0 fully saturated rings. The molecule has 1 amide bonds. The van der Waals surface area contributed by atoms with Crippen LogP contribution in [0.15, 0.2) is 18.6 Å². The first-order valence-corrected chi connectivity index (χ1v) is 7.05. The zero-order chi connectivity index (χ0) is 14.5. The monoisotopic (exact) mass is 315 g/mol. The predicted molar refractivity (Wildman–Crippen MR) is 77.1 cm³/mol. The van der Waals surface area contributed by atoms with E-state index in [0.717, 1.165) is 6.42 Å². The molecule has 108 valence electrons. The van der Waals surface area contributed by atoms with Gasteiger partial charge >= 0.3 is 0 Å². The number of aryl methyl sites for hydroxylation is 2. The summed E-state index contributed by atoms with van der Waals surface area (Å²) in [7, 11) is 0. The maximum atomic E-state index is 12.0. The Morgan fingerprint density at radius 1 is 1.35 bits per heavy atom. The van der Waals surface area contributed by atoms with E-state index < -0.39 is 0 Å². The highest BCUT2D eigenvalue weighted by molar-refractivity contribution is 6.33. The van der Waals surface area contributed by atoms with Gasteiger partial charge in [-0.1, -0.05) is 23.2 Å². The Bertz CT molecular complexity index is 592. The molecule has 0 aliphatic heterocycles. The molecule has 20 heavy (non-hydrogen) atoms. The Hall–Kier alpha value is -1.53. The van der Waals surface area contributed by atoms with E-state index in [4.69, 9.17) is 23.2 Å². The van der Waals surface area contributed by atoms with E-state index >= 15 is 0 Å². The Balaban J connectivity index is 1.82. The van der Waals surface area contributed by atoms with Crippen molar-refractivity contribution in [2.24, 2.45) is 0 Å². The van der Waals surface area contributed by atoms with Crippen molar-refractivity contribution in [1.29, 1.82) is 0 Å². The summed E-state index contributed by atoms with van der Waals surface area (Å²) >= 11 is 11.7. The lowest BCUT2D eigenvalue weighted by Gasteiger charge is -2.07. The van der Waals surface area contributed by atoms with Crippen LogP contribution >= 0.6 is 23.2 Å². The maximum absolute atomic E-state index is 12.0. The number of carbonyl (C=O) groups excluding carboxylic acids is 1. The molecule has 2 rings (SSSR count). The van der Waals surface area contributed by atoms with Crippen molar-refractivity contribution in [2.45, 2.75) is 26.4 Å². The van der Waals surface area contributed by atoms with Crippen LogP contribution in [0, 0.1) is 0 Å². The second-order valence-electron chi connectivity index (χ2n) is 4.19. The summed E-state index contributed by atoms with van der Waals surface area (Å²) in [4.78, 5) is 12.0. The molecule has 0 spiro atoms. The first-order valence-electron chi connectivity index (χ1n) is 6.29. The molecule has 2 heterocycles. The summed E-state index contributed by atoms with van der Waals surface area (Å²) in [5, 5.41) is 11.9. The SMILES string of the molecule is CCn1ncc(Cl)c1C(=O)NCCCn1cc(Cl)cn1. The van der Waals surface area contributed by atoms with E-state index in [2.05, 4.69) is 15.5 Å². The summed E-state index contributed by atoms with van der Waals surface area (Å²) in [6, 6.07) is 0. The van der Waals surface area contributed by atoms with Crippen LogP contribution in [0.3, 0.4) is 0 Å². The number of nitrogens with zero attached hydrogens (tertiary/aromatic N) is 4. The number of aromatic nitrogens is 4. The molecule has 0 saturated heterocycles. The third-order valence-electron chi connectivity index (χ3n) is 2.76. The number of hydrogen-bond acceptors (Lipinski definition) is 3. The highest BCUT2D eigenvalue weighted by atomic mass is 35.5. The van der Waals surface area contributed by atoms with Gasteiger partial charge in [-0.05, 0) is 13.3 Å². The van der Waals surface area contributed by atoms with Crippen LogP contribution in [-0.4, -0.2) is 32.0 Å². The topological polar surface area (TPSA) is 64.7 Å². The fourth-order valence-electron chi connectivity index (χ4n) is 1.82. The predicted octanol–water partition coefficient (Wildman–Crippen LogP) is 2.23. The van der Waals surface area contributed by atoms with Crippen LogP contribution in [0.2, 0.25) is 10.0 Å². The smallest absolute Gasteiger partial charge is 0.271 e. The van der Waals surface area contributed by atoms with Crippen molar-refractivity contribution in [2.75, 3.05) is 6.54 Å². The molecule has 0 aliphatic rings. The van der Waals surface area contributed by atoms with Gasteiger partial charge in [0.25, 0.3) is 5.91 Å². The van der Waals surface area contributed by atoms with Crippen LogP contribution in [0.4, 0.5) is 0 Å². The summed E-state index contributed by atoms with van der Waals surface area (Å²) in [5.41, 5.74) is 0.399. The molecule has 1 N–H and O–H groups in total. The van der Waals surface area contributed by atoms with Gasteiger partial charge in [-0.3, -0.25) is 14.2 Å². The minimum absolute atomic E-state index is 0.215. The lowest BCUT2D eigenvalue weighted by molar-refractivity contribution is 0.0942. The zero-order valence-electron chi connectivity index (χ0n) is 11.0. The van der Waals surface area contributed by atoms with E-state index in [9.17, 15) is 4.79 Å². The van der Waals surface area contributed by atoms with E-state index in [1.165, 1.54) is 6.20 Å². The number of rotatable bonds is 6. The number of carbonyl (C=O) groups is 1. The summed E-state index contributed by atoms with van der Waals surface area (Å²) in [6.45, 7) is 3.72. The van der Waals surface area contributed by atoms with Crippen molar-refractivity contribution in [3.05, 3.63) is 34.3 Å². The minimum atomic E-state index is -0.215. The third kappa shape index (κ3) is 3.52. The van der Waals surface area contributed by atoms with Gasteiger partial charge in [-0.2, -0.15) is 10.2 Å². The van der Waals surface area contributed by atoms with E-state index in [0.29, 0.717) is 35.4 Å². The average Bonchev–Trinajstić information content (AvgIpc) is 3.00. The first kappa shape index (κ1) is 14.9. The number of nitrogens with one attached hydrogen (secondary N) is 1. The van der Waals surface area contributed by atoms with E-state index in [1.807, 2.05) is 6.92 Å². The molecule has 0 unspecified atom stereocenters. The molecular weight excluding hydrogens is 301 g/mol. The van der Waals surface area contributed by atoms with Gasteiger partial charge in [0, 0.05) is 25.8 Å². The minimum Gasteiger partial charge on any atom is -0.351 e. The third-order valence-corrected chi connectivity index (χ3v) is 3.23. The average molecular weight is 316 g/mol. The van der Waals surface area contributed by atoms with Gasteiger partial charge in [0.15, 0.2) is 0 Å².